The topological polar surface area (TPSA) is 116 Å². The van der Waals surface area contributed by atoms with Crippen molar-refractivity contribution in [1.82, 2.24) is 15.5 Å². The molecule has 0 spiro atoms. The summed E-state index contributed by atoms with van der Waals surface area (Å²) in [5, 5.41) is 15.9. The van der Waals surface area contributed by atoms with Crippen LogP contribution in [0.25, 0.3) is 0 Å². The van der Waals surface area contributed by atoms with Crippen LogP contribution in [0.3, 0.4) is 0 Å². The average Bonchev–Trinajstić information content (AvgIpc) is 3.06. The van der Waals surface area contributed by atoms with Gasteiger partial charge in [-0.1, -0.05) is 133 Å². The molecule has 0 saturated carbocycles. The number of nitrogens with one attached hydrogen (secondary N) is 2. The summed E-state index contributed by atoms with van der Waals surface area (Å²) in [6.45, 7) is 13.0. The van der Waals surface area contributed by atoms with Crippen molar-refractivity contribution in [2.45, 2.75) is 77.4 Å². The second-order valence-electron chi connectivity index (χ2n) is 13.5. The molecule has 0 unspecified atom stereocenters. The summed E-state index contributed by atoms with van der Waals surface area (Å²) < 4.78 is 0. The van der Waals surface area contributed by atoms with Crippen LogP contribution in [0.5, 0.6) is 0 Å². The van der Waals surface area contributed by atoms with Gasteiger partial charge in [0.25, 0.3) is 0 Å². The van der Waals surface area contributed by atoms with Gasteiger partial charge in [0.15, 0.2) is 5.78 Å². The van der Waals surface area contributed by atoms with Crippen molar-refractivity contribution in [2.24, 2.45) is 5.92 Å². The normalized spacial score (nSPS) is 14.2. The van der Waals surface area contributed by atoms with Crippen LogP contribution < -0.4 is 10.6 Å². The van der Waals surface area contributed by atoms with Crippen molar-refractivity contribution in [3.05, 3.63) is 119 Å². The van der Waals surface area contributed by atoms with Crippen molar-refractivity contribution in [2.75, 3.05) is 14.1 Å². The fraction of sp³-hybridized carbons (Fsp3) is 0.385. The zero-order chi connectivity index (χ0) is 35.1. The highest BCUT2D eigenvalue weighted by molar-refractivity contribution is 6.09. The standard InChI is InChI=1S/C39H49N3O5/c1-25(2)31(24-26(3)37(46)47)42(36(45)33(40-8)38(4,5)29-18-14-11-15-19-29)34(35(44)41-9)39(6,7)30-22-20-28(21-23-30)32(43)27-16-12-10-13-17-27/h10-25,31,33-34,40H,1-9H3,(H,41,44)(H,46,47)/b26-24+/t31-,33-,34-/m1/s1. The van der Waals surface area contributed by atoms with Crippen LogP contribution in [-0.4, -0.2) is 65.8 Å². The molecule has 0 radical (unpaired) electrons. The minimum absolute atomic E-state index is 0.0714. The molecule has 2 amide bonds. The number of hydrogen-bond acceptors (Lipinski definition) is 5. The molecule has 8 heteroatoms. The number of hydrogen-bond donors (Lipinski definition) is 3. The van der Waals surface area contributed by atoms with E-state index in [1.54, 1.807) is 42.3 Å². The van der Waals surface area contributed by atoms with Crippen LogP contribution in [0, 0.1) is 5.92 Å². The Labute approximate surface area is 279 Å². The highest BCUT2D eigenvalue weighted by Gasteiger charge is 2.49. The van der Waals surface area contributed by atoms with Gasteiger partial charge in [0, 0.05) is 34.6 Å². The van der Waals surface area contributed by atoms with Crippen LogP contribution >= 0.6 is 0 Å². The quantitative estimate of drug-likeness (QED) is 0.153. The van der Waals surface area contributed by atoms with E-state index in [9.17, 15) is 19.5 Å². The summed E-state index contributed by atoms with van der Waals surface area (Å²) in [5.41, 5.74) is 1.10. The monoisotopic (exact) mass is 639 g/mol. The maximum Gasteiger partial charge on any atom is 0.331 e. The Morgan fingerprint density at radius 3 is 1.70 bits per heavy atom. The molecule has 0 aliphatic heterocycles. The molecular formula is C39H49N3O5. The number of aliphatic carboxylic acids is 1. The zero-order valence-corrected chi connectivity index (χ0v) is 29.0. The van der Waals surface area contributed by atoms with Crippen molar-refractivity contribution >= 4 is 23.6 Å². The number of carboxylic acid groups (broad SMARTS) is 1. The lowest BCUT2D eigenvalue weighted by atomic mass is 9.73. The fourth-order valence-electron chi connectivity index (χ4n) is 6.25. The molecule has 0 aliphatic carbocycles. The first-order valence-corrected chi connectivity index (χ1v) is 16.0. The molecule has 3 aromatic rings. The maximum absolute atomic E-state index is 15.1. The van der Waals surface area contributed by atoms with Crippen LogP contribution in [0.2, 0.25) is 0 Å². The first kappa shape index (κ1) is 36.9. The number of likely N-dealkylation sites (N-methyl/N-ethyl adjacent to an activating group) is 2. The number of nitrogens with zero attached hydrogens (tertiary/aromatic N) is 1. The zero-order valence-electron chi connectivity index (χ0n) is 29.0. The van der Waals surface area contributed by atoms with Crippen molar-refractivity contribution in [1.29, 1.82) is 0 Å². The van der Waals surface area contributed by atoms with Gasteiger partial charge in [-0.2, -0.15) is 0 Å². The molecule has 3 rings (SSSR count). The Hall–Kier alpha value is -4.56. The summed E-state index contributed by atoms with van der Waals surface area (Å²) in [6, 6.07) is 23.2. The van der Waals surface area contributed by atoms with Crippen molar-refractivity contribution in [3.63, 3.8) is 0 Å². The SMILES string of the molecule is CNC(=O)[C@@H](N(C(=O)[C@@H](NC)C(C)(C)c1ccccc1)[C@H](/C=C(\C)C(=O)O)C(C)C)C(C)(C)c1ccc(C(=O)c2ccccc2)cc1. The summed E-state index contributed by atoms with van der Waals surface area (Å²) in [4.78, 5) is 56.0. The molecule has 0 fully saturated rings. The van der Waals surface area contributed by atoms with E-state index in [1.807, 2.05) is 102 Å². The van der Waals surface area contributed by atoms with E-state index in [-0.39, 0.29) is 23.2 Å². The fourth-order valence-corrected chi connectivity index (χ4v) is 6.25. The molecule has 0 heterocycles. The third-order valence-corrected chi connectivity index (χ3v) is 9.18. The summed E-state index contributed by atoms with van der Waals surface area (Å²) in [6.07, 6.45) is 1.57. The summed E-state index contributed by atoms with van der Waals surface area (Å²) >= 11 is 0. The van der Waals surface area contributed by atoms with Gasteiger partial charge in [0.05, 0.1) is 12.1 Å². The molecule has 250 valence electrons. The Morgan fingerprint density at radius 2 is 1.23 bits per heavy atom. The minimum Gasteiger partial charge on any atom is -0.478 e. The Kier molecular flexibility index (Phi) is 12.1. The molecule has 3 aromatic carbocycles. The number of rotatable bonds is 14. The number of carbonyl (C=O) groups excluding carboxylic acids is 3. The maximum atomic E-state index is 15.1. The molecule has 0 aliphatic rings. The molecule has 3 atom stereocenters. The van der Waals surface area contributed by atoms with Gasteiger partial charge in [0.2, 0.25) is 11.8 Å². The molecule has 0 bridgehead atoms. The number of carboxylic acids is 1. The van der Waals surface area contributed by atoms with Crippen LogP contribution in [0.15, 0.2) is 96.6 Å². The van der Waals surface area contributed by atoms with Gasteiger partial charge in [-0.3, -0.25) is 14.4 Å². The molecule has 0 saturated heterocycles. The molecule has 0 aromatic heterocycles. The molecular weight excluding hydrogens is 590 g/mol. The van der Waals surface area contributed by atoms with E-state index in [4.69, 9.17) is 0 Å². The Bertz CT molecular complexity index is 1580. The third-order valence-electron chi connectivity index (χ3n) is 9.18. The van der Waals surface area contributed by atoms with Gasteiger partial charge in [-0.15, -0.1) is 0 Å². The van der Waals surface area contributed by atoms with Crippen LogP contribution in [0.1, 0.15) is 75.5 Å². The van der Waals surface area contributed by atoms with E-state index in [0.29, 0.717) is 11.1 Å². The van der Waals surface area contributed by atoms with Gasteiger partial charge in [-0.05, 0) is 31.0 Å². The Balaban J connectivity index is 2.25. The second-order valence-corrected chi connectivity index (χ2v) is 13.5. The van der Waals surface area contributed by atoms with Gasteiger partial charge in [-0.25, -0.2) is 4.79 Å². The van der Waals surface area contributed by atoms with E-state index >= 15 is 4.79 Å². The number of carbonyl (C=O) groups is 4. The number of benzene rings is 3. The molecule has 3 N–H and O–H groups in total. The highest BCUT2D eigenvalue weighted by atomic mass is 16.4. The van der Waals surface area contributed by atoms with Crippen molar-refractivity contribution in [3.8, 4) is 0 Å². The first-order valence-electron chi connectivity index (χ1n) is 16.0. The lowest BCUT2D eigenvalue weighted by molar-refractivity contribution is -0.148. The van der Waals surface area contributed by atoms with E-state index < -0.39 is 40.8 Å². The predicted octanol–water partition coefficient (Wildman–Crippen LogP) is 5.76. The van der Waals surface area contributed by atoms with Gasteiger partial charge < -0.3 is 20.6 Å². The lowest BCUT2D eigenvalue weighted by Gasteiger charge is -2.48. The predicted molar refractivity (Wildman–Crippen MR) is 186 cm³/mol. The largest absolute Gasteiger partial charge is 0.478 e. The van der Waals surface area contributed by atoms with Crippen LogP contribution in [0.4, 0.5) is 0 Å². The van der Waals surface area contributed by atoms with E-state index in [1.165, 1.54) is 14.0 Å². The van der Waals surface area contributed by atoms with Gasteiger partial charge >= 0.3 is 5.97 Å². The lowest BCUT2D eigenvalue weighted by Crippen LogP contribution is -2.66. The molecule has 8 nitrogen and oxygen atoms in total. The van der Waals surface area contributed by atoms with Crippen molar-refractivity contribution < 1.29 is 24.3 Å². The smallest absolute Gasteiger partial charge is 0.331 e. The summed E-state index contributed by atoms with van der Waals surface area (Å²) in [7, 11) is 3.25. The third kappa shape index (κ3) is 8.06. The Morgan fingerprint density at radius 1 is 0.745 bits per heavy atom. The molecule has 47 heavy (non-hydrogen) atoms. The summed E-state index contributed by atoms with van der Waals surface area (Å²) in [5.74, 6) is -2.21. The number of amides is 2. The first-order chi connectivity index (χ1) is 22.1. The highest BCUT2D eigenvalue weighted by Crippen LogP contribution is 2.37. The van der Waals surface area contributed by atoms with E-state index in [0.717, 1.165) is 11.1 Å². The number of ketones is 1. The van der Waals surface area contributed by atoms with E-state index in [2.05, 4.69) is 10.6 Å². The van der Waals surface area contributed by atoms with Crippen LogP contribution in [-0.2, 0) is 25.2 Å². The van der Waals surface area contributed by atoms with Gasteiger partial charge in [0.1, 0.15) is 6.04 Å². The second kappa shape index (κ2) is 15.4. The minimum atomic E-state index is -1.10. The average molecular weight is 640 g/mol.